The Labute approximate surface area is 174 Å². The minimum Gasteiger partial charge on any atom is -0.383 e. The second-order valence-electron chi connectivity index (χ2n) is 6.41. The van der Waals surface area contributed by atoms with Gasteiger partial charge in [-0.3, -0.25) is 0 Å². The van der Waals surface area contributed by atoms with Crippen molar-refractivity contribution in [3.05, 3.63) is 52.5 Å². The molecule has 0 amide bonds. The minimum atomic E-state index is -1.01. The predicted molar refractivity (Wildman–Crippen MR) is 116 cm³/mol. The Kier molecular flexibility index (Phi) is 7.24. The molecule has 2 aromatic rings. The van der Waals surface area contributed by atoms with Crippen LogP contribution >= 0.6 is 35.3 Å². The van der Waals surface area contributed by atoms with Crippen molar-refractivity contribution in [3.8, 4) is 0 Å². The number of hydrogen-bond acceptors (Lipinski definition) is 4. The third-order valence-electron chi connectivity index (χ3n) is 4.49. The number of nitrogens with two attached hydrogens (primary N) is 1. The molecular weight excluding hydrogens is 466 g/mol. The van der Waals surface area contributed by atoms with Crippen LogP contribution in [0.5, 0.6) is 0 Å². The van der Waals surface area contributed by atoms with E-state index in [1.165, 1.54) is 12.1 Å². The normalized spacial score (nSPS) is 17.6. The van der Waals surface area contributed by atoms with Gasteiger partial charge >= 0.3 is 0 Å². The van der Waals surface area contributed by atoms with Gasteiger partial charge < -0.3 is 20.6 Å². The third-order valence-corrected chi connectivity index (χ3v) is 5.17. The largest absolute Gasteiger partial charge is 0.383 e. The molecular formula is C18H24FIN4OS. The number of hydrogen-bond donors (Lipinski definition) is 2. The summed E-state index contributed by atoms with van der Waals surface area (Å²) in [6.07, 6.45) is 0. The first kappa shape index (κ1) is 20.9. The standard InChI is InChI=1S/C18H23FN4OS.HI/c1-18(24,14-6-11-25-12-14)13-21-17(20)23-9-7-22(8-10-23)16-4-2-15(19)3-5-16;/h2-6,11-12,24H,7-10,13H2,1H3,(H2,20,21);1H. The second kappa shape index (κ2) is 9.01. The van der Waals surface area contributed by atoms with Crippen molar-refractivity contribution in [1.29, 1.82) is 0 Å². The number of aliphatic hydroxyl groups is 1. The summed E-state index contributed by atoms with van der Waals surface area (Å²) < 4.78 is 13.0. The van der Waals surface area contributed by atoms with Gasteiger partial charge in [-0.2, -0.15) is 11.3 Å². The molecule has 8 heteroatoms. The Hall–Kier alpha value is -1.39. The Morgan fingerprint density at radius 2 is 1.88 bits per heavy atom. The fourth-order valence-corrected chi connectivity index (χ4v) is 3.63. The molecule has 142 valence electrons. The van der Waals surface area contributed by atoms with Crippen molar-refractivity contribution in [2.24, 2.45) is 10.7 Å². The van der Waals surface area contributed by atoms with Crippen molar-refractivity contribution in [3.63, 3.8) is 0 Å². The average molecular weight is 490 g/mol. The lowest BCUT2D eigenvalue weighted by Crippen LogP contribution is -2.51. The lowest BCUT2D eigenvalue weighted by molar-refractivity contribution is 0.0675. The maximum Gasteiger partial charge on any atom is 0.191 e. The number of rotatable bonds is 4. The lowest BCUT2D eigenvalue weighted by atomic mass is 10.00. The van der Waals surface area contributed by atoms with Crippen LogP contribution in [0.25, 0.3) is 0 Å². The molecule has 1 fully saturated rings. The highest BCUT2D eigenvalue weighted by atomic mass is 127. The highest BCUT2D eigenvalue weighted by Crippen LogP contribution is 2.23. The van der Waals surface area contributed by atoms with Gasteiger partial charge in [-0.15, -0.1) is 24.0 Å². The molecule has 1 aliphatic rings. The van der Waals surface area contributed by atoms with Gasteiger partial charge in [0.2, 0.25) is 0 Å². The highest BCUT2D eigenvalue weighted by Gasteiger charge is 2.24. The quantitative estimate of drug-likeness (QED) is 0.393. The van der Waals surface area contributed by atoms with Gasteiger partial charge in [-0.25, -0.2) is 9.38 Å². The summed E-state index contributed by atoms with van der Waals surface area (Å²) >= 11 is 1.55. The van der Waals surface area contributed by atoms with E-state index >= 15 is 0 Å². The average Bonchev–Trinajstić information content (AvgIpc) is 3.16. The first-order valence-corrected chi connectivity index (χ1v) is 9.20. The predicted octanol–water partition coefficient (Wildman–Crippen LogP) is 2.85. The summed E-state index contributed by atoms with van der Waals surface area (Å²) in [6, 6.07) is 8.44. The molecule has 1 saturated heterocycles. The number of aliphatic imine (C=N–C) groups is 1. The van der Waals surface area contributed by atoms with Gasteiger partial charge in [-0.1, -0.05) is 0 Å². The molecule has 1 unspecified atom stereocenters. The zero-order chi connectivity index (χ0) is 17.9. The first-order chi connectivity index (χ1) is 12.0. The number of benzene rings is 1. The number of thiophene rings is 1. The molecule has 3 N–H and O–H groups in total. The fraction of sp³-hybridized carbons (Fsp3) is 0.389. The van der Waals surface area contributed by atoms with E-state index in [0.717, 1.165) is 37.4 Å². The van der Waals surface area contributed by atoms with Crippen LogP contribution < -0.4 is 10.6 Å². The third kappa shape index (κ3) is 5.08. The SMILES string of the molecule is CC(O)(CN=C(N)N1CCN(c2ccc(F)cc2)CC1)c1ccsc1.I. The van der Waals surface area contributed by atoms with Crippen molar-refractivity contribution in [1.82, 2.24) is 4.90 Å². The zero-order valence-electron chi connectivity index (χ0n) is 14.6. The number of anilines is 1. The Morgan fingerprint density at radius 3 is 2.46 bits per heavy atom. The number of piperazine rings is 1. The molecule has 0 spiro atoms. The summed E-state index contributed by atoms with van der Waals surface area (Å²) in [5.74, 6) is 0.227. The molecule has 3 rings (SSSR count). The van der Waals surface area contributed by atoms with Crippen LogP contribution in [0.1, 0.15) is 12.5 Å². The van der Waals surface area contributed by atoms with Gasteiger partial charge in [-0.05, 0) is 53.6 Å². The van der Waals surface area contributed by atoms with Crippen molar-refractivity contribution < 1.29 is 9.50 Å². The van der Waals surface area contributed by atoms with Gasteiger partial charge in [0.1, 0.15) is 11.4 Å². The molecule has 1 aliphatic heterocycles. The maximum atomic E-state index is 13.0. The van der Waals surface area contributed by atoms with Crippen LogP contribution in [0.3, 0.4) is 0 Å². The van der Waals surface area contributed by atoms with E-state index in [1.807, 2.05) is 21.7 Å². The molecule has 26 heavy (non-hydrogen) atoms. The molecule has 0 saturated carbocycles. The zero-order valence-corrected chi connectivity index (χ0v) is 17.8. The molecule has 2 heterocycles. The van der Waals surface area contributed by atoms with Crippen molar-refractivity contribution in [2.45, 2.75) is 12.5 Å². The van der Waals surface area contributed by atoms with Crippen LogP contribution in [0.2, 0.25) is 0 Å². The van der Waals surface area contributed by atoms with Crippen molar-refractivity contribution >= 4 is 47.0 Å². The summed E-state index contributed by atoms with van der Waals surface area (Å²) in [5, 5.41) is 14.4. The van der Waals surface area contributed by atoms with E-state index in [0.29, 0.717) is 5.96 Å². The molecule has 5 nitrogen and oxygen atoms in total. The molecule has 1 aromatic carbocycles. The van der Waals surface area contributed by atoms with E-state index in [9.17, 15) is 9.50 Å². The highest BCUT2D eigenvalue weighted by molar-refractivity contribution is 14.0. The first-order valence-electron chi connectivity index (χ1n) is 8.26. The summed E-state index contributed by atoms with van der Waals surface area (Å²) in [5.41, 5.74) is 6.97. The van der Waals surface area contributed by atoms with Crippen LogP contribution in [0, 0.1) is 5.82 Å². The van der Waals surface area contributed by atoms with Gasteiger partial charge in [0, 0.05) is 31.9 Å². The molecule has 1 aromatic heterocycles. The Balaban J connectivity index is 0.00000243. The van der Waals surface area contributed by atoms with Crippen LogP contribution in [0.4, 0.5) is 10.1 Å². The van der Waals surface area contributed by atoms with Crippen LogP contribution in [-0.4, -0.2) is 48.7 Å². The monoisotopic (exact) mass is 490 g/mol. The molecule has 0 radical (unpaired) electrons. The topological polar surface area (TPSA) is 65.1 Å². The van der Waals surface area contributed by atoms with E-state index in [1.54, 1.807) is 30.4 Å². The summed E-state index contributed by atoms with van der Waals surface area (Å²) in [6.45, 7) is 5.05. The van der Waals surface area contributed by atoms with Gasteiger partial charge in [0.15, 0.2) is 5.96 Å². The smallest absolute Gasteiger partial charge is 0.191 e. The maximum absolute atomic E-state index is 13.0. The van der Waals surface area contributed by atoms with Crippen LogP contribution in [0.15, 0.2) is 46.1 Å². The minimum absolute atomic E-state index is 0. The Bertz CT molecular complexity index is 713. The number of nitrogens with zero attached hydrogens (tertiary/aromatic N) is 3. The number of halogens is 2. The van der Waals surface area contributed by atoms with E-state index in [2.05, 4.69) is 9.89 Å². The van der Waals surface area contributed by atoms with Gasteiger partial charge in [0.05, 0.1) is 6.54 Å². The van der Waals surface area contributed by atoms with E-state index in [4.69, 9.17) is 5.73 Å². The second-order valence-corrected chi connectivity index (χ2v) is 7.19. The molecule has 0 aliphatic carbocycles. The molecule has 0 bridgehead atoms. The van der Waals surface area contributed by atoms with Crippen LogP contribution in [-0.2, 0) is 5.60 Å². The van der Waals surface area contributed by atoms with Crippen molar-refractivity contribution in [2.75, 3.05) is 37.6 Å². The lowest BCUT2D eigenvalue weighted by Gasteiger charge is -2.36. The number of guanidine groups is 1. The molecule has 1 atom stereocenters. The van der Waals surface area contributed by atoms with E-state index in [-0.39, 0.29) is 36.3 Å². The fourth-order valence-electron chi connectivity index (χ4n) is 2.84. The van der Waals surface area contributed by atoms with Gasteiger partial charge in [0.25, 0.3) is 0 Å². The Morgan fingerprint density at radius 1 is 1.23 bits per heavy atom. The van der Waals surface area contributed by atoms with E-state index < -0.39 is 5.60 Å². The summed E-state index contributed by atoms with van der Waals surface area (Å²) in [7, 11) is 0. The summed E-state index contributed by atoms with van der Waals surface area (Å²) in [4.78, 5) is 8.61.